The van der Waals surface area contributed by atoms with Gasteiger partial charge in [0.25, 0.3) is 0 Å². The number of carboxylic acids is 1. The number of halogens is 6. The van der Waals surface area contributed by atoms with Crippen molar-refractivity contribution in [3.05, 3.63) is 49.0 Å². The number of aromatic nitrogens is 3. The molecular weight excluding hydrogens is 416 g/mol. The Morgan fingerprint density at radius 1 is 1.07 bits per heavy atom. The van der Waals surface area contributed by atoms with Crippen LogP contribution in [-0.4, -0.2) is 39.0 Å². The van der Waals surface area contributed by atoms with Gasteiger partial charge in [0.2, 0.25) is 0 Å². The van der Waals surface area contributed by atoms with Crippen LogP contribution >= 0.6 is 0 Å². The van der Waals surface area contributed by atoms with Gasteiger partial charge in [-0.1, -0.05) is 29.8 Å². The van der Waals surface area contributed by atoms with Crippen LogP contribution in [0.3, 0.4) is 0 Å². The second-order valence-corrected chi connectivity index (χ2v) is 4.54. The Kier molecular flexibility index (Phi) is 12.7. The van der Waals surface area contributed by atoms with E-state index < -0.39 is 18.7 Å². The Labute approximate surface area is 159 Å². The van der Waals surface area contributed by atoms with Crippen molar-refractivity contribution in [2.24, 2.45) is 0 Å². The maximum atomic E-state index is 10.6. The summed E-state index contributed by atoms with van der Waals surface area (Å²) in [6.45, 7) is 11.0. The van der Waals surface area contributed by atoms with E-state index in [1.807, 2.05) is 31.2 Å². The molecule has 0 aliphatic rings. The number of alkyl halides is 6. The average molecular weight is 427 g/mol. The van der Waals surface area contributed by atoms with Crippen LogP contribution in [0, 0.1) is 20.2 Å². The monoisotopic (exact) mass is 427 g/mol. The molecule has 0 bridgehead atoms. The summed E-state index contributed by atoms with van der Waals surface area (Å²) < 4.78 is 80.3. The number of aliphatic carboxylic acids is 1. The van der Waals surface area contributed by atoms with Crippen molar-refractivity contribution >= 4 is 5.97 Å². The molecule has 158 valence electrons. The Hall–Kier alpha value is -3.15. The topological polar surface area (TPSA) is 128 Å². The number of aromatic amines is 1. The number of nitrogens with zero attached hydrogens (tertiary/aromatic N) is 2. The fourth-order valence-corrected chi connectivity index (χ4v) is 1.48. The van der Waals surface area contributed by atoms with Crippen LogP contribution in [0.15, 0.2) is 24.3 Å². The number of hydrogen-bond donors (Lipinski definition) is 2. The minimum atomic E-state index is -5.64. The summed E-state index contributed by atoms with van der Waals surface area (Å²) in [6.07, 6.45) is -11.4. The van der Waals surface area contributed by atoms with Crippen LogP contribution in [0.5, 0.6) is 0 Å². The van der Waals surface area contributed by atoms with E-state index >= 15 is 0 Å². The van der Waals surface area contributed by atoms with Gasteiger partial charge >= 0.3 is 41.3 Å². The normalized spacial score (nSPS) is 10.2. The number of ether oxygens (including phenoxy) is 1. The molecule has 2 rings (SSSR count). The van der Waals surface area contributed by atoms with Crippen molar-refractivity contribution in [3.8, 4) is 11.4 Å². The van der Waals surface area contributed by atoms with E-state index in [0.29, 0.717) is 11.6 Å². The molecule has 0 amide bonds. The van der Waals surface area contributed by atoms with Crippen LogP contribution in [0.1, 0.15) is 11.4 Å². The molecule has 0 saturated heterocycles. The van der Waals surface area contributed by atoms with E-state index in [1.54, 1.807) is 4.74 Å². The second-order valence-electron chi connectivity index (χ2n) is 4.54. The summed E-state index contributed by atoms with van der Waals surface area (Å²) in [5, 5.41) is 15.2. The third-order valence-corrected chi connectivity index (χ3v) is 2.39. The third kappa shape index (κ3) is 14.6. The molecule has 0 aliphatic heterocycles. The van der Waals surface area contributed by atoms with E-state index in [4.69, 9.17) is 14.4 Å². The predicted octanol–water partition coefficient (Wildman–Crippen LogP) is 3.37. The molecule has 2 N–H and O–H groups in total. The van der Waals surface area contributed by atoms with Crippen molar-refractivity contribution in [3.63, 3.8) is 0 Å². The van der Waals surface area contributed by atoms with Gasteiger partial charge in [-0.2, -0.15) is 9.84 Å². The maximum absolute atomic E-state index is 10.6. The summed E-state index contributed by atoms with van der Waals surface area (Å²) in [4.78, 5) is 14.6. The van der Waals surface area contributed by atoms with Crippen molar-refractivity contribution in [2.45, 2.75) is 26.1 Å². The first-order valence-corrected chi connectivity index (χ1v) is 6.80. The zero-order valence-electron chi connectivity index (χ0n) is 14.3. The van der Waals surface area contributed by atoms with Gasteiger partial charge in [-0.3, -0.25) is 9.89 Å². The van der Waals surface area contributed by atoms with Gasteiger partial charge in [0.15, 0.2) is 5.82 Å². The zero-order chi connectivity index (χ0) is 23.3. The Balaban J connectivity index is 0. The summed E-state index contributed by atoms with van der Waals surface area (Å²) in [7, 11) is 0. The Bertz CT molecular complexity index is 763. The SMILES string of the molecule is Cc1ccc(-c2n[nH]c(CC(=O)O)n2)cc1.FC(F)(F)OC(F)(F)F.[C-]#[O+].[C-]#[O+]. The zero-order valence-corrected chi connectivity index (χ0v) is 14.3. The quantitative estimate of drug-likeness (QED) is 0.441. The van der Waals surface area contributed by atoms with Gasteiger partial charge in [-0.25, -0.2) is 4.98 Å². The number of carbonyl (C=O) groups is 1. The van der Waals surface area contributed by atoms with Crippen molar-refractivity contribution in [2.75, 3.05) is 0 Å². The Morgan fingerprint density at radius 2 is 1.52 bits per heavy atom. The van der Waals surface area contributed by atoms with E-state index in [9.17, 15) is 31.1 Å². The van der Waals surface area contributed by atoms with Gasteiger partial charge in [-0.05, 0) is 6.92 Å². The van der Waals surface area contributed by atoms with Crippen LogP contribution in [0.4, 0.5) is 26.3 Å². The van der Waals surface area contributed by atoms with Gasteiger partial charge in [-0.15, -0.1) is 26.3 Å². The standard InChI is InChI=1S/C11H11N3O2.C2F6O.2CO/c1-7-2-4-8(5-3-7)11-12-9(13-14-11)6-10(15)16;3-1(4,5)9-2(6,7)8;2*1-2/h2-5H,6H2,1H3,(H,15,16)(H,12,13,14);;;. The van der Waals surface area contributed by atoms with Gasteiger partial charge in [0.05, 0.1) is 0 Å². The molecule has 1 heterocycles. The molecule has 0 saturated carbocycles. The molecule has 0 radical (unpaired) electrons. The first kappa shape index (κ1) is 28.1. The third-order valence-electron chi connectivity index (χ3n) is 2.39. The fraction of sp³-hybridized carbons (Fsp3) is 0.267. The van der Waals surface area contributed by atoms with Crippen molar-refractivity contribution in [1.82, 2.24) is 15.2 Å². The minimum absolute atomic E-state index is 0.140. The molecule has 0 unspecified atom stereocenters. The number of rotatable bonds is 3. The summed E-state index contributed by atoms with van der Waals surface area (Å²) in [5.41, 5.74) is 2.03. The van der Waals surface area contributed by atoms with Crippen molar-refractivity contribution in [1.29, 1.82) is 0 Å². The molecular formula is C15H11F6N3O5. The number of benzene rings is 1. The fourth-order valence-electron chi connectivity index (χ4n) is 1.48. The first-order chi connectivity index (χ1) is 13.4. The van der Waals surface area contributed by atoms with E-state index in [1.165, 1.54) is 0 Å². The molecule has 1 aromatic carbocycles. The Morgan fingerprint density at radius 3 is 1.86 bits per heavy atom. The molecule has 0 spiro atoms. The predicted molar refractivity (Wildman–Crippen MR) is 78.9 cm³/mol. The number of aryl methyl sites for hydroxylation is 1. The molecule has 8 nitrogen and oxygen atoms in total. The molecule has 0 aliphatic carbocycles. The molecule has 1 aromatic heterocycles. The van der Waals surface area contributed by atoms with E-state index in [-0.39, 0.29) is 6.42 Å². The number of H-pyrrole nitrogens is 1. The van der Waals surface area contributed by atoms with Crippen LogP contribution < -0.4 is 0 Å². The van der Waals surface area contributed by atoms with Gasteiger partial charge < -0.3 is 5.11 Å². The molecule has 0 atom stereocenters. The molecule has 14 heteroatoms. The number of hydrogen-bond acceptors (Lipinski definition) is 4. The van der Waals surface area contributed by atoms with Gasteiger partial charge in [0.1, 0.15) is 12.2 Å². The van der Waals surface area contributed by atoms with Crippen LogP contribution in [0.2, 0.25) is 0 Å². The summed E-state index contributed by atoms with van der Waals surface area (Å²) >= 11 is 0. The molecule has 29 heavy (non-hydrogen) atoms. The average Bonchev–Trinajstić information content (AvgIpc) is 3.04. The first-order valence-electron chi connectivity index (χ1n) is 6.80. The van der Waals surface area contributed by atoms with Crippen LogP contribution in [0.25, 0.3) is 11.4 Å². The van der Waals surface area contributed by atoms with E-state index in [0.717, 1.165) is 11.1 Å². The number of carboxylic acid groups (broad SMARTS) is 1. The van der Waals surface area contributed by atoms with E-state index in [2.05, 4.69) is 28.5 Å². The second kappa shape index (κ2) is 13.1. The van der Waals surface area contributed by atoms with Crippen molar-refractivity contribution < 1.29 is 50.3 Å². The number of nitrogens with one attached hydrogen (secondary N) is 1. The van der Waals surface area contributed by atoms with Gasteiger partial charge in [0, 0.05) is 5.56 Å². The molecule has 2 aromatic rings. The summed E-state index contributed by atoms with van der Waals surface area (Å²) in [5.74, 6) is -0.0362. The van der Waals surface area contributed by atoms with Crippen LogP contribution in [-0.2, 0) is 25.3 Å². The summed E-state index contributed by atoms with van der Waals surface area (Å²) in [6, 6.07) is 7.73. The molecule has 0 fully saturated rings.